The van der Waals surface area contributed by atoms with Gasteiger partial charge in [-0.2, -0.15) is 0 Å². The van der Waals surface area contributed by atoms with Gasteiger partial charge in [0.05, 0.1) is 71.5 Å². The van der Waals surface area contributed by atoms with Crippen LogP contribution in [0.4, 0.5) is 0 Å². The van der Waals surface area contributed by atoms with Gasteiger partial charge in [0.2, 0.25) is 0 Å². The molecule has 0 fully saturated rings. The van der Waals surface area contributed by atoms with E-state index in [-0.39, 0.29) is 55.9 Å². The first-order valence-electron chi connectivity index (χ1n) is 27.1. The number of esters is 6. The Hall–Kier alpha value is -7.86. The Bertz CT molecular complexity index is 3020. The normalized spacial score (nSPS) is 11.6. The lowest BCUT2D eigenvalue weighted by Gasteiger charge is -2.32. The van der Waals surface area contributed by atoms with Gasteiger partial charge in [-0.15, -0.1) is 0 Å². The number of hydrogen-bond donors (Lipinski definition) is 0. The van der Waals surface area contributed by atoms with Crippen LogP contribution in [0.15, 0.2) is 109 Å². The summed E-state index contributed by atoms with van der Waals surface area (Å²) in [5, 5.41) is 4.67. The third kappa shape index (κ3) is 14.0. The number of carbonyl (C=O) groups excluding carboxylic acids is 6. The molecule has 408 valence electrons. The predicted octanol–water partition coefficient (Wildman–Crippen LogP) is 14.4. The zero-order valence-corrected chi connectivity index (χ0v) is 47.0. The number of rotatable bonds is 21. The summed E-state index contributed by atoms with van der Waals surface area (Å²) in [6, 6.07) is 31.4. The minimum atomic E-state index is -0.485. The maximum absolute atomic E-state index is 13.8. The van der Waals surface area contributed by atoms with Gasteiger partial charge >= 0.3 is 35.8 Å². The summed E-state index contributed by atoms with van der Waals surface area (Å²) in [6.45, 7) is 23.9. The van der Waals surface area contributed by atoms with E-state index in [1.807, 2.05) is 0 Å². The van der Waals surface area contributed by atoms with E-state index in [0.717, 1.165) is 65.7 Å². The molecule has 0 saturated carbocycles. The van der Waals surface area contributed by atoms with Gasteiger partial charge in [-0.25, -0.2) is 28.8 Å². The minimum Gasteiger partial charge on any atom is -0.462 e. The maximum Gasteiger partial charge on any atom is 0.338 e. The zero-order valence-electron chi connectivity index (χ0n) is 47.0. The fourth-order valence-electron chi connectivity index (χ4n) is 10.2. The number of hydrogen-bond acceptors (Lipinski definition) is 12. The van der Waals surface area contributed by atoms with Crippen LogP contribution in [0.3, 0.4) is 0 Å². The molecule has 0 bridgehead atoms. The molecular weight excluding hydrogens is 985 g/mol. The van der Waals surface area contributed by atoms with Crippen molar-refractivity contribution in [3.8, 4) is 0 Å². The standard InChI is InChI=1S/C66H72O12/c1-37(2)58-55(25-28-73-61(67)49-19-13-46-34-52(22-16-43(46)31-49)64(70)76-40(7)8)59(38(3)4)57(27-30-75-63(69)51-21-15-48-36-54(24-18-45(48)33-51)66(72)78-42(11)12)60(39(5)6)56(58)26-29-74-62(68)50-20-14-47-35-53(23-17-44(47)32-50)65(71)77-41(9)10/h13-24,31-42H,25-30H2,1-12H3. The number of carbonyl (C=O) groups is 6. The smallest absolute Gasteiger partial charge is 0.338 e. The molecule has 0 atom stereocenters. The molecule has 0 amide bonds. The summed E-state index contributed by atoms with van der Waals surface area (Å²) in [6.07, 6.45) is 0.401. The largest absolute Gasteiger partial charge is 0.462 e. The molecule has 0 unspecified atom stereocenters. The molecule has 0 aliphatic heterocycles. The molecule has 7 aromatic carbocycles. The summed E-state index contributed by atoms with van der Waals surface area (Å²) in [7, 11) is 0. The van der Waals surface area contributed by atoms with Crippen molar-refractivity contribution in [2.45, 2.75) is 138 Å². The zero-order chi connectivity index (χ0) is 56.5. The molecule has 78 heavy (non-hydrogen) atoms. The van der Waals surface area contributed by atoms with Crippen LogP contribution in [0.5, 0.6) is 0 Å². The highest BCUT2D eigenvalue weighted by molar-refractivity contribution is 6.01. The van der Waals surface area contributed by atoms with Crippen molar-refractivity contribution in [1.82, 2.24) is 0 Å². The highest BCUT2D eigenvalue weighted by Crippen LogP contribution is 2.41. The van der Waals surface area contributed by atoms with Crippen LogP contribution in [-0.2, 0) is 47.7 Å². The molecule has 0 aromatic heterocycles. The number of ether oxygens (including phenoxy) is 6. The van der Waals surface area contributed by atoms with Crippen molar-refractivity contribution in [2.24, 2.45) is 0 Å². The van der Waals surface area contributed by atoms with Crippen molar-refractivity contribution < 1.29 is 57.2 Å². The van der Waals surface area contributed by atoms with Crippen molar-refractivity contribution in [3.63, 3.8) is 0 Å². The van der Waals surface area contributed by atoms with Crippen LogP contribution in [-0.4, -0.2) is 73.9 Å². The molecular formula is C66H72O12. The van der Waals surface area contributed by atoms with E-state index in [1.165, 1.54) is 0 Å². The van der Waals surface area contributed by atoms with E-state index >= 15 is 0 Å². The summed E-state index contributed by atoms with van der Waals surface area (Å²) in [5.74, 6) is -2.66. The molecule has 7 aromatic rings. The fraction of sp³-hybridized carbons (Fsp3) is 0.364. The molecule has 0 N–H and O–H groups in total. The lowest BCUT2D eigenvalue weighted by Crippen LogP contribution is -2.21. The predicted molar refractivity (Wildman–Crippen MR) is 304 cm³/mol. The Morgan fingerprint density at radius 2 is 0.487 bits per heavy atom. The van der Waals surface area contributed by atoms with Crippen LogP contribution in [0.2, 0.25) is 0 Å². The highest BCUT2D eigenvalue weighted by atomic mass is 16.6. The summed E-state index contributed by atoms with van der Waals surface area (Å²) < 4.78 is 34.3. The Labute approximate surface area is 457 Å². The van der Waals surface area contributed by atoms with Crippen molar-refractivity contribution in [2.75, 3.05) is 19.8 Å². The van der Waals surface area contributed by atoms with Gasteiger partial charge in [0.1, 0.15) is 0 Å². The topological polar surface area (TPSA) is 158 Å². The molecule has 12 nitrogen and oxygen atoms in total. The molecule has 0 aliphatic rings. The van der Waals surface area contributed by atoms with Crippen molar-refractivity contribution >= 4 is 68.1 Å². The van der Waals surface area contributed by atoms with E-state index in [0.29, 0.717) is 52.6 Å². The average Bonchev–Trinajstić information content (AvgIpc) is 3.47. The van der Waals surface area contributed by atoms with Crippen LogP contribution in [0.1, 0.15) is 196 Å². The van der Waals surface area contributed by atoms with Gasteiger partial charge in [0.15, 0.2) is 0 Å². The first-order chi connectivity index (χ1) is 37.1. The van der Waals surface area contributed by atoms with Crippen molar-refractivity contribution in [1.29, 1.82) is 0 Å². The van der Waals surface area contributed by atoms with E-state index in [4.69, 9.17) is 28.4 Å². The second-order valence-corrected chi connectivity index (χ2v) is 21.5. The second-order valence-electron chi connectivity index (χ2n) is 21.5. The van der Waals surface area contributed by atoms with Crippen LogP contribution in [0.25, 0.3) is 32.3 Å². The molecule has 7 rings (SSSR count). The monoisotopic (exact) mass is 1060 g/mol. The van der Waals surface area contributed by atoms with E-state index in [9.17, 15) is 28.8 Å². The maximum atomic E-state index is 13.8. The van der Waals surface area contributed by atoms with E-state index in [2.05, 4.69) is 41.5 Å². The third-order valence-electron chi connectivity index (χ3n) is 13.4. The van der Waals surface area contributed by atoms with Gasteiger partial charge in [0, 0.05) is 19.3 Å². The Morgan fingerprint density at radius 1 is 0.295 bits per heavy atom. The molecule has 0 saturated heterocycles. The van der Waals surface area contributed by atoms with E-state index < -0.39 is 35.8 Å². The van der Waals surface area contributed by atoms with Crippen molar-refractivity contribution in [3.05, 3.63) is 176 Å². The van der Waals surface area contributed by atoms with E-state index in [1.54, 1.807) is 151 Å². The van der Waals surface area contributed by atoms with Crippen LogP contribution in [0, 0.1) is 0 Å². The highest BCUT2D eigenvalue weighted by Gasteiger charge is 2.29. The Balaban J connectivity index is 1.17. The van der Waals surface area contributed by atoms with Gasteiger partial charge in [0.25, 0.3) is 0 Å². The van der Waals surface area contributed by atoms with Gasteiger partial charge in [-0.05, 0) is 198 Å². The molecule has 0 heterocycles. The molecule has 0 aliphatic carbocycles. The second kappa shape index (κ2) is 25.5. The van der Waals surface area contributed by atoms with Gasteiger partial charge < -0.3 is 28.4 Å². The number of fused-ring (bicyclic) bond motifs is 3. The quantitative estimate of drug-likeness (QED) is 0.0496. The van der Waals surface area contributed by atoms with Gasteiger partial charge in [-0.3, -0.25) is 0 Å². The summed E-state index contributed by atoms with van der Waals surface area (Å²) >= 11 is 0. The molecule has 0 radical (unpaired) electrons. The minimum absolute atomic E-state index is 0.0134. The third-order valence-corrected chi connectivity index (χ3v) is 13.4. The average molecular weight is 1060 g/mol. The molecule has 12 heteroatoms. The number of benzene rings is 7. The Morgan fingerprint density at radius 3 is 0.667 bits per heavy atom. The first-order valence-corrected chi connectivity index (χ1v) is 27.1. The van der Waals surface area contributed by atoms with Crippen LogP contribution < -0.4 is 0 Å². The van der Waals surface area contributed by atoms with Crippen LogP contribution >= 0.6 is 0 Å². The first kappa shape index (κ1) is 57.8. The Kier molecular flexibility index (Phi) is 18.9. The SMILES string of the molecule is CC(C)OC(=O)c1ccc2cc(C(=O)OCCc3c(C(C)C)c(CCOC(=O)c4ccc5cc(C(=O)OC(C)C)ccc5c4)c(C(C)C)c(CCOC(=O)c4ccc5cc(C(=O)OC(C)C)ccc5c4)c3C(C)C)ccc2c1. The summed E-state index contributed by atoms with van der Waals surface area (Å²) in [5.41, 5.74) is 8.80. The van der Waals surface area contributed by atoms with Gasteiger partial charge in [-0.1, -0.05) is 77.9 Å². The molecule has 0 spiro atoms. The summed E-state index contributed by atoms with van der Waals surface area (Å²) in [4.78, 5) is 79.2. The lowest BCUT2D eigenvalue weighted by molar-refractivity contribution is 0.0367. The fourth-order valence-corrected chi connectivity index (χ4v) is 10.2. The lowest BCUT2D eigenvalue weighted by atomic mass is 9.74.